The van der Waals surface area contributed by atoms with Crippen molar-refractivity contribution in [1.82, 2.24) is 9.88 Å². The first kappa shape index (κ1) is 20.4. The average Bonchev–Trinajstić information content (AvgIpc) is 3.63. The lowest BCUT2D eigenvalue weighted by atomic mass is 9.60. The van der Waals surface area contributed by atoms with E-state index in [1.54, 1.807) is 5.57 Å². The Morgan fingerprint density at radius 1 is 1.06 bits per heavy atom. The fraction of sp³-hybridized carbons (Fsp3) is 0.567. The highest BCUT2D eigenvalue weighted by Gasteiger charge is 2.53. The van der Waals surface area contributed by atoms with Gasteiger partial charge in [0.25, 0.3) is 0 Å². The topological polar surface area (TPSA) is 36.1 Å². The molecule has 1 aromatic heterocycles. The van der Waals surface area contributed by atoms with Crippen LogP contribution in [-0.2, 0) is 0 Å². The number of rotatable bonds is 2. The number of fused-ring (bicyclic) bond motifs is 5. The lowest BCUT2D eigenvalue weighted by Gasteiger charge is -2.44. The van der Waals surface area contributed by atoms with Gasteiger partial charge in [-0.2, -0.15) is 0 Å². The van der Waals surface area contributed by atoms with Gasteiger partial charge in [0.05, 0.1) is 5.60 Å². The second-order valence-electron chi connectivity index (χ2n) is 11.9. The second-order valence-corrected chi connectivity index (χ2v) is 11.9. The molecule has 1 N–H and O–H groups in total. The van der Waals surface area contributed by atoms with Crippen molar-refractivity contribution in [2.24, 2.45) is 17.3 Å². The van der Waals surface area contributed by atoms with Crippen molar-refractivity contribution >= 4 is 10.8 Å². The van der Waals surface area contributed by atoms with E-state index in [4.69, 9.17) is 0 Å². The molecule has 1 aliphatic heterocycles. The maximum Gasteiger partial charge on any atom is 0.0875 e. The van der Waals surface area contributed by atoms with Gasteiger partial charge in [0.2, 0.25) is 0 Å². The number of pyridine rings is 1. The number of aromatic nitrogens is 1. The number of hydrogen-bond donors (Lipinski definition) is 1. The van der Waals surface area contributed by atoms with Gasteiger partial charge in [0, 0.05) is 36.9 Å². The quantitative estimate of drug-likeness (QED) is 0.582. The zero-order valence-electron chi connectivity index (χ0n) is 19.8. The van der Waals surface area contributed by atoms with Crippen molar-refractivity contribution in [3.63, 3.8) is 0 Å². The van der Waals surface area contributed by atoms with Gasteiger partial charge in [-0.05, 0) is 109 Å². The highest BCUT2D eigenvalue weighted by molar-refractivity contribution is 5.82. The number of aliphatic hydroxyl groups is 1. The Morgan fingerprint density at radius 3 is 2.85 bits per heavy atom. The summed E-state index contributed by atoms with van der Waals surface area (Å²) < 4.78 is 0. The Morgan fingerprint density at radius 2 is 1.97 bits per heavy atom. The van der Waals surface area contributed by atoms with Crippen LogP contribution in [0, 0.1) is 17.3 Å². The molecule has 33 heavy (non-hydrogen) atoms. The third kappa shape index (κ3) is 3.19. The molecule has 5 aliphatic rings. The van der Waals surface area contributed by atoms with Crippen LogP contribution in [0.2, 0.25) is 0 Å². The largest absolute Gasteiger partial charge is 0.385 e. The Labute approximate surface area is 197 Å². The predicted octanol–water partition coefficient (Wildman–Crippen LogP) is 6.00. The summed E-state index contributed by atoms with van der Waals surface area (Å²) in [4.78, 5) is 6.92. The molecule has 2 saturated carbocycles. The number of nitrogens with zero attached hydrogens (tertiary/aromatic N) is 2. The zero-order chi connectivity index (χ0) is 22.2. The van der Waals surface area contributed by atoms with E-state index in [1.165, 1.54) is 54.3 Å². The van der Waals surface area contributed by atoms with Crippen LogP contribution >= 0.6 is 0 Å². The van der Waals surface area contributed by atoms with Gasteiger partial charge < -0.3 is 5.11 Å². The minimum absolute atomic E-state index is 0.308. The van der Waals surface area contributed by atoms with Crippen molar-refractivity contribution in [2.75, 3.05) is 13.1 Å². The Balaban J connectivity index is 1.19. The van der Waals surface area contributed by atoms with Crippen molar-refractivity contribution in [2.45, 2.75) is 75.9 Å². The standard InChI is InChI=1S/C30H36N2O/c1-29-11-8-21-17-24-4-5-25(32-14-15-32)18-30(24,33)12-9-26(21)28(29)7-6-27(29)22-3-2-20-10-13-31-19-23(20)16-22/h2-3,8,10,13,16-17,19,25-28,33H,4-7,9,11-12,14-15,18H2,1H3. The summed E-state index contributed by atoms with van der Waals surface area (Å²) in [5.74, 6) is 1.94. The van der Waals surface area contributed by atoms with Crippen LogP contribution in [0.3, 0.4) is 0 Å². The number of hydrogen-bond acceptors (Lipinski definition) is 3. The van der Waals surface area contributed by atoms with Gasteiger partial charge in [-0.3, -0.25) is 9.88 Å². The molecule has 0 bridgehead atoms. The third-order valence-electron chi connectivity index (χ3n) is 10.3. The summed E-state index contributed by atoms with van der Waals surface area (Å²) in [6, 6.07) is 9.78. The average molecular weight is 441 g/mol. The molecule has 1 saturated heterocycles. The second kappa shape index (κ2) is 7.26. The molecule has 2 heterocycles. The maximum absolute atomic E-state index is 11.8. The molecule has 2 aromatic rings. The summed E-state index contributed by atoms with van der Waals surface area (Å²) in [6.45, 7) is 5.03. The van der Waals surface area contributed by atoms with Crippen LogP contribution in [0.15, 0.2) is 60.0 Å². The molecule has 3 fully saturated rings. The van der Waals surface area contributed by atoms with E-state index in [1.807, 2.05) is 12.4 Å². The van der Waals surface area contributed by atoms with E-state index in [-0.39, 0.29) is 0 Å². The molecular formula is C30H36N2O. The lowest BCUT2D eigenvalue weighted by Crippen LogP contribution is -2.42. The van der Waals surface area contributed by atoms with Crippen LogP contribution in [0.5, 0.6) is 0 Å². The molecular weight excluding hydrogens is 404 g/mol. The monoisotopic (exact) mass is 440 g/mol. The van der Waals surface area contributed by atoms with Gasteiger partial charge in [-0.25, -0.2) is 0 Å². The molecule has 0 radical (unpaired) electrons. The smallest absolute Gasteiger partial charge is 0.0875 e. The Bertz CT molecular complexity index is 1160. The van der Waals surface area contributed by atoms with Crippen LogP contribution < -0.4 is 0 Å². The maximum atomic E-state index is 11.8. The molecule has 1 aromatic carbocycles. The molecule has 4 aliphatic carbocycles. The normalized spacial score (nSPS) is 40.3. The highest BCUT2D eigenvalue weighted by atomic mass is 16.3. The van der Waals surface area contributed by atoms with Crippen LogP contribution in [0.1, 0.15) is 69.8 Å². The molecule has 7 rings (SSSR count). The Kier molecular flexibility index (Phi) is 4.49. The molecule has 0 amide bonds. The molecule has 172 valence electrons. The van der Waals surface area contributed by atoms with Gasteiger partial charge in [-0.1, -0.05) is 31.2 Å². The number of allylic oxidation sites excluding steroid dienone is 3. The fourth-order valence-electron chi connectivity index (χ4n) is 8.32. The van der Waals surface area contributed by atoms with Gasteiger partial charge in [0.15, 0.2) is 0 Å². The van der Waals surface area contributed by atoms with E-state index in [9.17, 15) is 5.11 Å². The first-order valence-electron chi connectivity index (χ1n) is 13.2. The summed E-state index contributed by atoms with van der Waals surface area (Å²) in [6.07, 6.45) is 18.0. The van der Waals surface area contributed by atoms with E-state index < -0.39 is 5.60 Å². The summed E-state index contributed by atoms with van der Waals surface area (Å²) in [7, 11) is 0. The zero-order valence-corrected chi connectivity index (χ0v) is 19.8. The van der Waals surface area contributed by atoms with Crippen molar-refractivity contribution in [3.8, 4) is 0 Å². The molecule has 0 spiro atoms. The first-order valence-corrected chi connectivity index (χ1v) is 13.2. The van der Waals surface area contributed by atoms with E-state index in [0.717, 1.165) is 38.0 Å². The van der Waals surface area contributed by atoms with Crippen LogP contribution in [0.25, 0.3) is 10.8 Å². The van der Waals surface area contributed by atoms with Gasteiger partial charge in [0.1, 0.15) is 0 Å². The lowest BCUT2D eigenvalue weighted by molar-refractivity contribution is 0.0156. The van der Waals surface area contributed by atoms with E-state index in [2.05, 4.69) is 53.2 Å². The third-order valence-corrected chi connectivity index (χ3v) is 10.3. The summed E-state index contributed by atoms with van der Waals surface area (Å²) >= 11 is 0. The molecule has 3 nitrogen and oxygen atoms in total. The molecule has 6 atom stereocenters. The Hall–Kier alpha value is -1.97. The van der Waals surface area contributed by atoms with Crippen molar-refractivity contribution in [3.05, 3.63) is 65.5 Å². The number of benzene rings is 1. The highest BCUT2D eigenvalue weighted by Crippen LogP contribution is 2.63. The fourth-order valence-corrected chi connectivity index (χ4v) is 8.32. The molecule has 3 heteroatoms. The van der Waals surface area contributed by atoms with E-state index >= 15 is 0 Å². The molecule has 6 unspecified atom stereocenters. The predicted molar refractivity (Wildman–Crippen MR) is 133 cm³/mol. The van der Waals surface area contributed by atoms with Gasteiger partial charge in [-0.15, -0.1) is 0 Å². The van der Waals surface area contributed by atoms with Crippen molar-refractivity contribution < 1.29 is 5.11 Å². The minimum atomic E-state index is -0.566. The van der Waals surface area contributed by atoms with E-state index in [0.29, 0.717) is 23.3 Å². The summed E-state index contributed by atoms with van der Waals surface area (Å²) in [5.41, 5.74) is 4.14. The van der Waals surface area contributed by atoms with Crippen LogP contribution in [-0.4, -0.2) is 39.7 Å². The SMILES string of the molecule is CC12CC=C3C=C4CCC(N5CC5)CC4(O)CCC3C1CCC2c1ccc2ccncc2c1. The first-order chi connectivity index (χ1) is 16.0. The van der Waals surface area contributed by atoms with Crippen LogP contribution in [0.4, 0.5) is 0 Å². The van der Waals surface area contributed by atoms with Gasteiger partial charge >= 0.3 is 0 Å². The summed E-state index contributed by atoms with van der Waals surface area (Å²) in [5, 5.41) is 14.3. The minimum Gasteiger partial charge on any atom is -0.385 e. The van der Waals surface area contributed by atoms with Crippen molar-refractivity contribution in [1.29, 1.82) is 0 Å².